The van der Waals surface area contributed by atoms with Crippen LogP contribution in [0.1, 0.15) is 121 Å². The van der Waals surface area contributed by atoms with E-state index < -0.39 is 14.0 Å². The molecule has 7 heterocycles. The van der Waals surface area contributed by atoms with E-state index in [9.17, 15) is 14.0 Å². The molecule has 0 unspecified atom stereocenters. The summed E-state index contributed by atoms with van der Waals surface area (Å²) in [7, 11) is -1.12. The van der Waals surface area contributed by atoms with Crippen LogP contribution in [0.4, 0.5) is 10.2 Å². The number of H-pyrrole nitrogens is 1. The molecule has 3 aliphatic carbocycles. The zero-order valence-corrected chi connectivity index (χ0v) is 40.2. The van der Waals surface area contributed by atoms with Gasteiger partial charge in [-0.1, -0.05) is 38.2 Å². The van der Waals surface area contributed by atoms with Crippen molar-refractivity contribution in [3.8, 4) is 0 Å². The topological polar surface area (TPSA) is 179 Å². The van der Waals surface area contributed by atoms with Gasteiger partial charge >= 0.3 is 0 Å². The van der Waals surface area contributed by atoms with Gasteiger partial charge in [-0.15, -0.1) is 0 Å². The summed E-state index contributed by atoms with van der Waals surface area (Å²) in [6.07, 6.45) is 14.4. The lowest BCUT2D eigenvalue weighted by atomic mass is 9.63. The second-order valence-corrected chi connectivity index (χ2v) is 25.6. The maximum absolute atomic E-state index is 13.2. The molecule has 348 valence electrons. The summed E-state index contributed by atoms with van der Waals surface area (Å²) in [6.45, 7) is 19.4. The van der Waals surface area contributed by atoms with Gasteiger partial charge in [0.05, 0.1) is 60.1 Å². The molecule has 6 aromatic rings. The number of hydrogen-bond donors (Lipinski definition) is 3. The Labute approximate surface area is 386 Å². The first-order chi connectivity index (χ1) is 31.6. The summed E-state index contributed by atoms with van der Waals surface area (Å²) in [5, 5.41) is 27.1. The average Bonchev–Trinajstić information content (AvgIpc) is 4.11. The molecule has 2 amide bonds. The van der Waals surface area contributed by atoms with Crippen LogP contribution in [0.15, 0.2) is 49.1 Å². The quantitative estimate of drug-likeness (QED) is 0.0581. The molecule has 0 bridgehead atoms. The lowest BCUT2D eigenvalue weighted by molar-refractivity contribution is 0.0764. The number of amides is 2. The summed E-state index contributed by atoms with van der Waals surface area (Å²) in [5.74, 6) is 0.279. The molecule has 6 aromatic heterocycles. The lowest BCUT2D eigenvalue weighted by Crippen LogP contribution is -2.60. The first-order valence-corrected chi connectivity index (χ1v) is 27.0. The fourth-order valence-corrected chi connectivity index (χ4v) is 10.3. The second-order valence-electron chi connectivity index (χ2n) is 20.0. The summed E-state index contributed by atoms with van der Waals surface area (Å²) < 4.78 is 24.5. The Morgan fingerprint density at radius 3 is 2.03 bits per heavy atom. The predicted octanol–water partition coefficient (Wildman–Crippen LogP) is 7.08. The van der Waals surface area contributed by atoms with Crippen LogP contribution in [0.3, 0.4) is 0 Å². The highest BCUT2D eigenvalue weighted by Crippen LogP contribution is 2.49. The Kier molecular flexibility index (Phi) is 12.5. The zero-order valence-electron chi connectivity index (χ0n) is 39.2. The van der Waals surface area contributed by atoms with E-state index in [4.69, 9.17) is 14.8 Å². The maximum Gasteiger partial charge on any atom is 0.255 e. The lowest BCUT2D eigenvalue weighted by Gasteiger charge is -2.56. The number of halogens is 1. The van der Waals surface area contributed by atoms with E-state index in [1.165, 1.54) is 36.5 Å². The van der Waals surface area contributed by atoms with Crippen molar-refractivity contribution in [2.24, 2.45) is 5.41 Å². The molecule has 0 radical (unpaired) electrons. The molecule has 10 rings (SSSR count). The molecule has 1 saturated heterocycles. The van der Waals surface area contributed by atoms with Crippen molar-refractivity contribution in [3.63, 3.8) is 0 Å². The van der Waals surface area contributed by atoms with Crippen LogP contribution < -0.4 is 15.5 Å². The minimum Gasteiger partial charge on any atom is -0.360 e. The first-order valence-electron chi connectivity index (χ1n) is 23.3. The van der Waals surface area contributed by atoms with Gasteiger partial charge in [0.1, 0.15) is 12.5 Å². The van der Waals surface area contributed by atoms with Crippen molar-refractivity contribution in [2.75, 3.05) is 24.6 Å². The zero-order chi connectivity index (χ0) is 46.3. The number of ether oxygens (including phenoxy) is 1. The molecule has 16 nitrogen and oxygen atoms in total. The number of aromatic nitrogens is 10. The van der Waals surface area contributed by atoms with Gasteiger partial charge in [-0.05, 0) is 107 Å². The van der Waals surface area contributed by atoms with Gasteiger partial charge in [-0.3, -0.25) is 24.1 Å². The molecular formula is C48H62FN13O3Si. The van der Waals surface area contributed by atoms with Crippen molar-refractivity contribution in [1.29, 1.82) is 0 Å². The molecule has 0 aromatic carbocycles. The summed E-state index contributed by atoms with van der Waals surface area (Å²) in [5.41, 5.74) is 11.8. The molecule has 2 atom stereocenters. The van der Waals surface area contributed by atoms with Gasteiger partial charge in [0.15, 0.2) is 0 Å². The molecule has 4 aliphatic rings. The van der Waals surface area contributed by atoms with Gasteiger partial charge in [-0.25, -0.2) is 14.6 Å². The van der Waals surface area contributed by atoms with Crippen LogP contribution in [0.2, 0.25) is 25.7 Å². The predicted molar refractivity (Wildman–Crippen MR) is 251 cm³/mol. The normalized spacial score (nSPS) is 18.0. The largest absolute Gasteiger partial charge is 0.360 e. The first kappa shape index (κ1) is 45.2. The molecule has 1 saturated carbocycles. The minimum absolute atomic E-state index is 0.0367. The van der Waals surface area contributed by atoms with Crippen molar-refractivity contribution >= 4 is 25.7 Å². The minimum atomic E-state index is -1.12. The smallest absolute Gasteiger partial charge is 0.255 e. The van der Waals surface area contributed by atoms with E-state index >= 15 is 0 Å². The Morgan fingerprint density at radius 2 is 1.44 bits per heavy atom. The van der Waals surface area contributed by atoms with Crippen molar-refractivity contribution in [2.45, 2.75) is 130 Å². The number of aryl methyl sites for hydroxylation is 3. The highest BCUT2D eigenvalue weighted by Gasteiger charge is 2.47. The number of carbonyl (C=O) groups excluding carboxylic acids is 2. The van der Waals surface area contributed by atoms with E-state index in [0.29, 0.717) is 42.1 Å². The molecule has 1 spiro atoms. The van der Waals surface area contributed by atoms with Gasteiger partial charge in [0.2, 0.25) is 5.95 Å². The van der Waals surface area contributed by atoms with Crippen LogP contribution >= 0.6 is 0 Å². The SMILES string of the molecule is Cc1nc(F)ccc1Cn1cc(C(=O)N[C@@H]2CCc3c2nn(COCC[Si](C)(C)C)c3C)cn1.Cc1nc(N2CC3(CCC3)C2)ccc1Cn1cc(C(=O)N[C@@H]2CCc3c2n[nH]c3C)cn1. The third-order valence-corrected chi connectivity index (χ3v) is 15.6. The molecule has 66 heavy (non-hydrogen) atoms. The average molecular weight is 916 g/mol. The van der Waals surface area contributed by atoms with Gasteiger partial charge in [0, 0.05) is 68.4 Å². The third kappa shape index (κ3) is 9.75. The Morgan fingerprint density at radius 1 is 0.833 bits per heavy atom. The number of carbonyl (C=O) groups is 2. The fraction of sp³-hybridized carbons (Fsp3) is 0.500. The van der Waals surface area contributed by atoms with Crippen LogP contribution in [0, 0.1) is 39.1 Å². The fourth-order valence-electron chi connectivity index (χ4n) is 9.59. The standard InChI is InChI=1S/C24H33FN6O2Si.C24H29N7O/c1-16-18(6-9-22(25)27-16)13-30-14-19(12-26-30)24(32)28-21-8-7-20-17(2)31(29-23(20)21)15-33-10-11-34(3,4)5;1-15-17(4-7-21(26-15)30-13-24(14-30)8-3-9-24)11-31-12-18(10-25-31)23(32)27-20-6-5-19-16(2)28-29-22(19)20/h6,9,12,14,21H,7-8,10-11,13,15H2,1-5H3,(H,28,32);4,7,10,12,20H,3,5-6,8-9,11,13-14H2,1-2H3,(H,27,32)(H,28,29)/t21-;20-/m11/s1. The summed E-state index contributed by atoms with van der Waals surface area (Å²) >= 11 is 0. The van der Waals surface area contributed by atoms with Gasteiger partial charge in [0.25, 0.3) is 11.8 Å². The number of fused-ring (bicyclic) bond motifs is 2. The van der Waals surface area contributed by atoms with Crippen LogP contribution in [-0.2, 0) is 37.4 Å². The molecular weight excluding hydrogens is 854 g/mol. The number of nitrogens with one attached hydrogen (secondary N) is 3. The Hall–Kier alpha value is -6.01. The van der Waals surface area contributed by atoms with E-state index in [0.717, 1.165) is 96.8 Å². The van der Waals surface area contributed by atoms with E-state index in [1.807, 2.05) is 22.5 Å². The van der Waals surface area contributed by atoms with Crippen molar-refractivity contribution in [3.05, 3.63) is 123 Å². The molecule has 3 N–H and O–H groups in total. The number of pyridine rings is 2. The van der Waals surface area contributed by atoms with Crippen molar-refractivity contribution < 1.29 is 18.7 Å². The number of nitrogens with zero attached hydrogens (tertiary/aromatic N) is 10. The highest BCUT2D eigenvalue weighted by atomic mass is 28.3. The third-order valence-electron chi connectivity index (χ3n) is 13.9. The number of aromatic amines is 1. The van der Waals surface area contributed by atoms with Crippen LogP contribution in [-0.4, -0.2) is 89.1 Å². The van der Waals surface area contributed by atoms with Crippen LogP contribution in [0.5, 0.6) is 0 Å². The maximum atomic E-state index is 13.2. The number of hydrogen-bond acceptors (Lipinski definition) is 10. The van der Waals surface area contributed by atoms with Gasteiger partial charge < -0.3 is 20.3 Å². The monoisotopic (exact) mass is 915 g/mol. The van der Waals surface area contributed by atoms with Gasteiger partial charge in [-0.2, -0.15) is 24.8 Å². The molecule has 18 heteroatoms. The molecule has 2 fully saturated rings. The number of anilines is 1. The Balaban J connectivity index is 0.000000166. The highest BCUT2D eigenvalue weighted by molar-refractivity contribution is 6.76. The van der Waals surface area contributed by atoms with E-state index in [1.54, 1.807) is 36.3 Å². The van der Waals surface area contributed by atoms with E-state index in [2.05, 4.69) is 86.5 Å². The van der Waals surface area contributed by atoms with E-state index in [-0.39, 0.29) is 23.9 Å². The summed E-state index contributed by atoms with van der Waals surface area (Å²) in [6, 6.07) is 8.24. The van der Waals surface area contributed by atoms with Crippen LogP contribution in [0.25, 0.3) is 0 Å². The summed E-state index contributed by atoms with van der Waals surface area (Å²) in [4.78, 5) is 36.7. The van der Waals surface area contributed by atoms with Crippen molar-refractivity contribution in [1.82, 2.24) is 60.1 Å². The Bertz CT molecular complexity index is 2740. The number of rotatable bonds is 14. The molecule has 1 aliphatic heterocycles. The second kappa shape index (κ2) is 18.3.